The van der Waals surface area contributed by atoms with Crippen molar-refractivity contribution in [3.05, 3.63) is 11.6 Å². The molecule has 0 spiro atoms. The van der Waals surface area contributed by atoms with E-state index in [-0.39, 0.29) is 30.6 Å². The minimum atomic E-state index is 0. The Bertz CT molecular complexity index is 505. The summed E-state index contributed by atoms with van der Waals surface area (Å²) < 4.78 is 1.96. The van der Waals surface area contributed by atoms with Gasteiger partial charge in [-0.15, -0.1) is 34.2 Å². The van der Waals surface area contributed by atoms with Gasteiger partial charge in [0.25, 0.3) is 0 Å². The van der Waals surface area contributed by atoms with Gasteiger partial charge in [0, 0.05) is 26.7 Å². The number of nitrogens with zero attached hydrogens (tertiary/aromatic N) is 4. The van der Waals surface area contributed by atoms with Crippen LogP contribution >= 0.6 is 35.7 Å². The van der Waals surface area contributed by atoms with Crippen LogP contribution in [-0.2, 0) is 13.6 Å². The first kappa shape index (κ1) is 25.4. The fraction of sp³-hybridized carbons (Fsp3) is 0.824. The van der Waals surface area contributed by atoms with Crippen LogP contribution < -0.4 is 10.6 Å². The molecule has 0 aliphatic heterocycles. The van der Waals surface area contributed by atoms with Crippen molar-refractivity contribution in [2.75, 3.05) is 31.7 Å². The molecule has 1 aromatic heterocycles. The fourth-order valence-corrected chi connectivity index (χ4v) is 2.95. The summed E-state index contributed by atoms with van der Waals surface area (Å²) in [4.78, 5) is 4.66. The average molecular weight is 498 g/mol. The number of halogens is 1. The molecule has 1 rings (SSSR count). The number of aliphatic hydroxyl groups excluding tert-OH is 1. The fourth-order valence-electron chi connectivity index (χ4n) is 2.52. The molecule has 9 heteroatoms. The lowest BCUT2D eigenvalue weighted by Gasteiger charge is -2.18. The highest BCUT2D eigenvalue weighted by Crippen LogP contribution is 2.09. The standard InChI is InChI=1S/C17H34N6OS.HI/c1-5-7-15(8-10-24)12-19-17(18-9-6-11-25-4)20-13-16-22-21-14(2)23(16)3;/h15,24H,5-13H2,1-4H3,(H2,18,19,20);1H. The summed E-state index contributed by atoms with van der Waals surface area (Å²) in [6, 6.07) is 0. The number of aryl methyl sites for hydroxylation is 1. The third-order valence-corrected chi connectivity index (χ3v) is 4.87. The molecule has 152 valence electrons. The topological polar surface area (TPSA) is 87.4 Å². The number of hydrogen-bond acceptors (Lipinski definition) is 5. The number of thioether (sulfide) groups is 1. The summed E-state index contributed by atoms with van der Waals surface area (Å²) in [6.07, 6.45) is 6.27. The summed E-state index contributed by atoms with van der Waals surface area (Å²) >= 11 is 1.85. The highest BCUT2D eigenvalue weighted by molar-refractivity contribution is 14.0. The quantitative estimate of drug-likeness (QED) is 0.178. The summed E-state index contributed by atoms with van der Waals surface area (Å²) in [6.45, 7) is 6.55. The zero-order valence-electron chi connectivity index (χ0n) is 16.5. The molecule has 0 aromatic carbocycles. The third kappa shape index (κ3) is 9.96. The van der Waals surface area contributed by atoms with Crippen molar-refractivity contribution in [2.45, 2.75) is 46.1 Å². The third-order valence-electron chi connectivity index (χ3n) is 4.17. The maximum atomic E-state index is 9.22. The zero-order chi connectivity index (χ0) is 18.5. The van der Waals surface area contributed by atoms with Gasteiger partial charge in [0.2, 0.25) is 0 Å². The van der Waals surface area contributed by atoms with Crippen molar-refractivity contribution in [3.8, 4) is 0 Å². The van der Waals surface area contributed by atoms with Crippen LogP contribution in [0, 0.1) is 12.8 Å². The van der Waals surface area contributed by atoms with E-state index in [2.05, 4.69) is 39.0 Å². The Morgan fingerprint density at radius 1 is 1.31 bits per heavy atom. The van der Waals surface area contributed by atoms with Gasteiger partial charge < -0.3 is 20.3 Å². The summed E-state index contributed by atoms with van der Waals surface area (Å²) in [7, 11) is 1.96. The molecule has 0 aliphatic rings. The lowest BCUT2D eigenvalue weighted by Crippen LogP contribution is -2.40. The van der Waals surface area contributed by atoms with E-state index in [4.69, 9.17) is 0 Å². The van der Waals surface area contributed by atoms with Crippen molar-refractivity contribution >= 4 is 41.7 Å². The molecule has 3 N–H and O–H groups in total. The van der Waals surface area contributed by atoms with Crippen LogP contribution in [0.5, 0.6) is 0 Å². The van der Waals surface area contributed by atoms with Crippen LogP contribution in [0.3, 0.4) is 0 Å². The van der Waals surface area contributed by atoms with Crippen LogP contribution in [0.4, 0.5) is 0 Å². The van der Waals surface area contributed by atoms with Gasteiger partial charge in [-0.1, -0.05) is 13.3 Å². The average Bonchev–Trinajstić information content (AvgIpc) is 2.92. The SMILES string of the molecule is CCCC(CCO)CNC(=NCc1nnc(C)n1C)NCCCSC.I. The maximum Gasteiger partial charge on any atom is 0.191 e. The molecule has 0 bridgehead atoms. The first-order chi connectivity index (χ1) is 12.1. The number of nitrogens with one attached hydrogen (secondary N) is 2. The van der Waals surface area contributed by atoms with Crippen molar-refractivity contribution < 1.29 is 5.11 Å². The van der Waals surface area contributed by atoms with Gasteiger partial charge in [0.1, 0.15) is 12.4 Å². The zero-order valence-corrected chi connectivity index (χ0v) is 19.6. The molecular weight excluding hydrogens is 463 g/mol. The summed E-state index contributed by atoms with van der Waals surface area (Å²) in [5.74, 6) is 4.14. The Labute approximate surface area is 179 Å². The number of aromatic nitrogens is 3. The van der Waals surface area contributed by atoms with E-state index in [1.165, 1.54) is 0 Å². The van der Waals surface area contributed by atoms with Crippen molar-refractivity contribution in [1.29, 1.82) is 0 Å². The number of aliphatic imine (C=N–C) groups is 1. The Morgan fingerprint density at radius 2 is 2.08 bits per heavy atom. The highest BCUT2D eigenvalue weighted by atomic mass is 127. The van der Waals surface area contributed by atoms with E-state index < -0.39 is 0 Å². The van der Waals surface area contributed by atoms with Crippen molar-refractivity contribution in [1.82, 2.24) is 25.4 Å². The van der Waals surface area contributed by atoms with Gasteiger partial charge in [-0.2, -0.15) is 11.8 Å². The lowest BCUT2D eigenvalue weighted by molar-refractivity contribution is 0.251. The number of rotatable bonds is 12. The van der Waals surface area contributed by atoms with Crippen LogP contribution in [-0.4, -0.2) is 57.5 Å². The molecule has 26 heavy (non-hydrogen) atoms. The van der Waals surface area contributed by atoms with Crippen LogP contribution in [0.15, 0.2) is 4.99 Å². The first-order valence-electron chi connectivity index (χ1n) is 9.09. The van der Waals surface area contributed by atoms with Gasteiger partial charge in [-0.05, 0) is 44.1 Å². The number of aliphatic hydroxyl groups is 1. The van der Waals surface area contributed by atoms with E-state index in [1.807, 2.05) is 30.3 Å². The first-order valence-corrected chi connectivity index (χ1v) is 10.5. The van der Waals surface area contributed by atoms with Crippen LogP contribution in [0.2, 0.25) is 0 Å². The molecular formula is C17H35IN6OS. The van der Waals surface area contributed by atoms with Crippen LogP contribution in [0.1, 0.15) is 44.3 Å². The molecule has 0 fully saturated rings. The Hall–Kier alpha value is -0.550. The second-order valence-electron chi connectivity index (χ2n) is 6.21. The van der Waals surface area contributed by atoms with Gasteiger partial charge in [0.05, 0.1) is 0 Å². The predicted octanol–water partition coefficient (Wildman–Crippen LogP) is 2.33. The van der Waals surface area contributed by atoms with Gasteiger partial charge in [-0.25, -0.2) is 4.99 Å². The molecule has 7 nitrogen and oxygen atoms in total. The van der Waals surface area contributed by atoms with Gasteiger partial charge in [0.15, 0.2) is 11.8 Å². The van der Waals surface area contributed by atoms with E-state index in [9.17, 15) is 5.11 Å². The Balaban J connectivity index is 0.00000625. The monoisotopic (exact) mass is 498 g/mol. The maximum absolute atomic E-state index is 9.22. The Morgan fingerprint density at radius 3 is 2.65 bits per heavy atom. The summed E-state index contributed by atoms with van der Waals surface area (Å²) in [5, 5.41) is 24.3. The molecule has 0 saturated carbocycles. The minimum Gasteiger partial charge on any atom is -0.396 e. The largest absolute Gasteiger partial charge is 0.396 e. The predicted molar refractivity (Wildman–Crippen MR) is 121 cm³/mol. The second-order valence-corrected chi connectivity index (χ2v) is 7.19. The van der Waals surface area contributed by atoms with Gasteiger partial charge >= 0.3 is 0 Å². The second kappa shape index (κ2) is 15.5. The van der Waals surface area contributed by atoms with Crippen molar-refractivity contribution in [2.24, 2.45) is 18.0 Å². The highest BCUT2D eigenvalue weighted by Gasteiger charge is 2.09. The molecule has 1 aromatic rings. The smallest absolute Gasteiger partial charge is 0.191 e. The van der Waals surface area contributed by atoms with Gasteiger partial charge in [-0.3, -0.25) is 0 Å². The summed E-state index contributed by atoms with van der Waals surface area (Å²) in [5.41, 5.74) is 0. The lowest BCUT2D eigenvalue weighted by atomic mass is 10.0. The van der Waals surface area contributed by atoms with E-state index >= 15 is 0 Å². The molecule has 0 radical (unpaired) electrons. The number of guanidine groups is 1. The molecule has 0 amide bonds. The van der Waals surface area contributed by atoms with E-state index in [0.717, 1.165) is 62.1 Å². The normalized spacial score (nSPS) is 12.6. The van der Waals surface area contributed by atoms with E-state index in [1.54, 1.807) is 0 Å². The minimum absolute atomic E-state index is 0. The number of hydrogen-bond donors (Lipinski definition) is 3. The molecule has 0 aliphatic carbocycles. The molecule has 1 atom stereocenters. The molecule has 1 heterocycles. The van der Waals surface area contributed by atoms with Crippen molar-refractivity contribution in [3.63, 3.8) is 0 Å². The molecule has 1 unspecified atom stereocenters. The van der Waals surface area contributed by atoms with E-state index in [0.29, 0.717) is 12.5 Å². The van der Waals surface area contributed by atoms with Crippen LogP contribution in [0.25, 0.3) is 0 Å². The molecule has 0 saturated heterocycles. The Kier molecular flexibility index (Phi) is 15.2.